The van der Waals surface area contributed by atoms with Gasteiger partial charge in [0.05, 0.1) is 6.61 Å². The number of amides is 1. The van der Waals surface area contributed by atoms with Gasteiger partial charge in [-0.2, -0.15) is 0 Å². The largest absolute Gasteiger partial charge is 0.480 e. The summed E-state index contributed by atoms with van der Waals surface area (Å²) in [5.74, 6) is -1.47. The first-order valence-electron chi connectivity index (χ1n) is 6.44. The van der Waals surface area contributed by atoms with Crippen LogP contribution >= 0.6 is 0 Å². The predicted molar refractivity (Wildman–Crippen MR) is 75.1 cm³/mol. The Bertz CT molecular complexity index is 451. The summed E-state index contributed by atoms with van der Waals surface area (Å²) >= 11 is 0. The molecule has 1 atom stereocenters. The molecule has 1 rings (SSSR count). The molecule has 0 saturated heterocycles. The number of rotatable bonds is 6. The number of carboxylic acids is 1. The Kier molecular flexibility index (Phi) is 5.70. The average molecular weight is 279 g/mol. The lowest BCUT2D eigenvalue weighted by molar-refractivity contribution is -0.145. The van der Waals surface area contributed by atoms with Crippen LogP contribution in [0.5, 0.6) is 0 Å². The number of carbonyl (C=O) groups is 2. The highest BCUT2D eigenvalue weighted by molar-refractivity contribution is 5.84. The zero-order chi connectivity index (χ0) is 15.2. The average Bonchev–Trinajstić information content (AvgIpc) is 2.35. The second-order valence-electron chi connectivity index (χ2n) is 5.68. The van der Waals surface area contributed by atoms with Gasteiger partial charge in [0.25, 0.3) is 0 Å². The number of nitrogens with one attached hydrogen (secondary N) is 1. The molecular formula is C15H21NO4. The Morgan fingerprint density at radius 2 is 1.85 bits per heavy atom. The van der Waals surface area contributed by atoms with Gasteiger partial charge >= 0.3 is 5.97 Å². The van der Waals surface area contributed by atoms with Crippen molar-refractivity contribution in [2.75, 3.05) is 6.61 Å². The molecule has 1 aromatic carbocycles. The first kappa shape index (κ1) is 16.2. The van der Waals surface area contributed by atoms with Gasteiger partial charge in [-0.15, -0.1) is 0 Å². The van der Waals surface area contributed by atoms with Gasteiger partial charge in [-0.1, -0.05) is 51.1 Å². The molecule has 0 aliphatic rings. The smallest absolute Gasteiger partial charge is 0.326 e. The molecule has 0 aromatic heterocycles. The number of aliphatic carboxylic acids is 1. The Morgan fingerprint density at radius 1 is 1.25 bits per heavy atom. The van der Waals surface area contributed by atoms with E-state index in [1.807, 2.05) is 30.3 Å². The van der Waals surface area contributed by atoms with Crippen LogP contribution in [0, 0.1) is 5.41 Å². The highest BCUT2D eigenvalue weighted by Gasteiger charge is 2.32. The highest BCUT2D eigenvalue weighted by Crippen LogP contribution is 2.19. The van der Waals surface area contributed by atoms with Crippen molar-refractivity contribution in [2.24, 2.45) is 5.41 Å². The van der Waals surface area contributed by atoms with E-state index in [9.17, 15) is 9.59 Å². The van der Waals surface area contributed by atoms with Crippen molar-refractivity contribution < 1.29 is 19.4 Å². The van der Waals surface area contributed by atoms with Gasteiger partial charge < -0.3 is 15.2 Å². The van der Waals surface area contributed by atoms with E-state index in [0.29, 0.717) is 6.61 Å². The van der Waals surface area contributed by atoms with Gasteiger partial charge in [0.15, 0.2) is 0 Å². The molecule has 5 nitrogen and oxygen atoms in total. The predicted octanol–water partition coefficient (Wildman–Crippen LogP) is 1.82. The molecule has 5 heteroatoms. The van der Waals surface area contributed by atoms with E-state index < -0.39 is 23.3 Å². The van der Waals surface area contributed by atoms with Crippen molar-refractivity contribution in [1.29, 1.82) is 0 Å². The molecular weight excluding hydrogens is 258 g/mol. The monoisotopic (exact) mass is 279 g/mol. The zero-order valence-corrected chi connectivity index (χ0v) is 12.1. The second-order valence-corrected chi connectivity index (χ2v) is 5.68. The summed E-state index contributed by atoms with van der Waals surface area (Å²) in [4.78, 5) is 22.8. The second kappa shape index (κ2) is 7.05. The quantitative estimate of drug-likeness (QED) is 0.833. The van der Waals surface area contributed by atoms with Crippen molar-refractivity contribution in [3.8, 4) is 0 Å². The fraction of sp³-hybridized carbons (Fsp3) is 0.467. The summed E-state index contributed by atoms with van der Waals surface area (Å²) in [6.45, 7) is 5.45. The zero-order valence-electron chi connectivity index (χ0n) is 12.1. The Labute approximate surface area is 118 Å². The third-order valence-corrected chi connectivity index (χ3v) is 2.76. The van der Waals surface area contributed by atoms with Gasteiger partial charge in [-0.3, -0.25) is 4.79 Å². The summed E-state index contributed by atoms with van der Waals surface area (Å²) in [6, 6.07) is 8.53. The van der Waals surface area contributed by atoms with E-state index in [0.717, 1.165) is 5.56 Å². The maximum atomic E-state index is 11.7. The van der Waals surface area contributed by atoms with E-state index in [-0.39, 0.29) is 6.61 Å². The Balaban J connectivity index is 2.41. The summed E-state index contributed by atoms with van der Waals surface area (Å²) in [5.41, 5.74) is 0.409. The molecule has 0 saturated carbocycles. The number of hydrogen-bond acceptors (Lipinski definition) is 3. The molecule has 1 aromatic rings. The first-order valence-corrected chi connectivity index (χ1v) is 6.44. The van der Waals surface area contributed by atoms with Crippen LogP contribution in [-0.4, -0.2) is 29.6 Å². The summed E-state index contributed by atoms with van der Waals surface area (Å²) < 4.78 is 5.27. The maximum absolute atomic E-state index is 11.7. The molecule has 110 valence electrons. The van der Waals surface area contributed by atoms with Crippen LogP contribution in [0.25, 0.3) is 0 Å². The van der Waals surface area contributed by atoms with E-state index in [4.69, 9.17) is 9.84 Å². The third kappa shape index (κ3) is 5.40. The van der Waals surface area contributed by atoms with Gasteiger partial charge in [-0.25, -0.2) is 4.79 Å². The molecule has 0 aliphatic carbocycles. The molecule has 0 heterocycles. The molecule has 0 fully saturated rings. The summed E-state index contributed by atoms with van der Waals surface area (Å²) in [6.07, 6.45) is 0. The Morgan fingerprint density at radius 3 is 2.35 bits per heavy atom. The molecule has 2 N–H and O–H groups in total. The van der Waals surface area contributed by atoms with E-state index in [1.165, 1.54) is 0 Å². The number of ether oxygens (including phenoxy) is 1. The normalized spacial score (nSPS) is 12.8. The lowest BCUT2D eigenvalue weighted by Gasteiger charge is -2.27. The van der Waals surface area contributed by atoms with Gasteiger partial charge in [-0.05, 0) is 11.0 Å². The SMILES string of the molecule is CC(C)(C)[C@@H](NC(=O)COCc1ccccc1)C(=O)O. The maximum Gasteiger partial charge on any atom is 0.326 e. The minimum atomic E-state index is -1.05. The van der Waals surface area contributed by atoms with Crippen LogP contribution < -0.4 is 5.32 Å². The van der Waals surface area contributed by atoms with Crippen LogP contribution in [0.15, 0.2) is 30.3 Å². The van der Waals surface area contributed by atoms with Crippen molar-refractivity contribution >= 4 is 11.9 Å². The van der Waals surface area contributed by atoms with Gasteiger partial charge in [0, 0.05) is 0 Å². The summed E-state index contributed by atoms with van der Waals surface area (Å²) in [7, 11) is 0. The third-order valence-electron chi connectivity index (χ3n) is 2.76. The van der Waals surface area contributed by atoms with Gasteiger partial charge in [0.2, 0.25) is 5.91 Å². The number of carboxylic acid groups (broad SMARTS) is 1. The van der Waals surface area contributed by atoms with Crippen molar-refractivity contribution in [2.45, 2.75) is 33.4 Å². The molecule has 0 radical (unpaired) electrons. The van der Waals surface area contributed by atoms with Gasteiger partial charge in [0.1, 0.15) is 12.6 Å². The first-order chi connectivity index (χ1) is 9.30. The summed E-state index contributed by atoms with van der Waals surface area (Å²) in [5, 5.41) is 11.6. The van der Waals surface area contributed by atoms with E-state index in [2.05, 4.69) is 5.32 Å². The van der Waals surface area contributed by atoms with Crippen LogP contribution in [0.3, 0.4) is 0 Å². The van der Waals surface area contributed by atoms with Crippen molar-refractivity contribution in [3.05, 3.63) is 35.9 Å². The van der Waals surface area contributed by atoms with Crippen LogP contribution in [0.4, 0.5) is 0 Å². The number of carbonyl (C=O) groups excluding carboxylic acids is 1. The lowest BCUT2D eigenvalue weighted by atomic mass is 9.87. The van der Waals surface area contributed by atoms with Crippen LogP contribution in [0.1, 0.15) is 26.3 Å². The minimum Gasteiger partial charge on any atom is -0.480 e. The fourth-order valence-corrected chi connectivity index (χ4v) is 1.69. The number of benzene rings is 1. The highest BCUT2D eigenvalue weighted by atomic mass is 16.5. The van der Waals surface area contributed by atoms with Crippen LogP contribution in [0.2, 0.25) is 0 Å². The molecule has 0 spiro atoms. The molecule has 20 heavy (non-hydrogen) atoms. The van der Waals surface area contributed by atoms with E-state index in [1.54, 1.807) is 20.8 Å². The fourth-order valence-electron chi connectivity index (χ4n) is 1.69. The Hall–Kier alpha value is -1.88. The van der Waals surface area contributed by atoms with Crippen LogP contribution in [-0.2, 0) is 20.9 Å². The van der Waals surface area contributed by atoms with E-state index >= 15 is 0 Å². The molecule has 0 unspecified atom stereocenters. The van der Waals surface area contributed by atoms with Crippen molar-refractivity contribution in [3.63, 3.8) is 0 Å². The van der Waals surface area contributed by atoms with Crippen molar-refractivity contribution in [1.82, 2.24) is 5.32 Å². The minimum absolute atomic E-state index is 0.158. The standard InChI is InChI=1S/C15H21NO4/c1-15(2,3)13(14(18)19)16-12(17)10-20-9-11-7-5-4-6-8-11/h4-8,13H,9-10H2,1-3H3,(H,16,17)(H,18,19)/t13-/m0/s1. The topological polar surface area (TPSA) is 75.6 Å². The lowest BCUT2D eigenvalue weighted by Crippen LogP contribution is -2.50. The molecule has 0 aliphatic heterocycles. The molecule has 1 amide bonds. The number of hydrogen-bond donors (Lipinski definition) is 2. The molecule has 0 bridgehead atoms.